The molecule has 1 atom stereocenters. The van der Waals surface area contributed by atoms with Gasteiger partial charge >= 0.3 is 0 Å². The van der Waals surface area contributed by atoms with Crippen LogP contribution < -0.4 is 5.56 Å². The number of carbonyl (C=O) groups excluding carboxylic acids is 1. The summed E-state index contributed by atoms with van der Waals surface area (Å²) in [5.41, 5.74) is 3.66. The van der Waals surface area contributed by atoms with Crippen molar-refractivity contribution in [1.82, 2.24) is 14.5 Å². The lowest BCUT2D eigenvalue weighted by Gasteiger charge is -2.31. The van der Waals surface area contributed by atoms with Crippen LogP contribution in [0.5, 0.6) is 0 Å². The predicted molar refractivity (Wildman–Crippen MR) is 141 cm³/mol. The Morgan fingerprint density at radius 3 is 2.38 bits per heavy atom. The zero-order valence-corrected chi connectivity index (χ0v) is 21.4. The molecular formula is C29H39N3O2. The zero-order chi connectivity index (χ0) is 24.7. The van der Waals surface area contributed by atoms with Crippen LogP contribution in [-0.4, -0.2) is 26.9 Å². The number of aryl methyl sites for hydroxylation is 2. The molecule has 3 aromatic rings. The Kier molecular flexibility index (Phi) is 9.03. The third kappa shape index (κ3) is 5.57. The van der Waals surface area contributed by atoms with Crippen molar-refractivity contribution in [3.63, 3.8) is 0 Å². The van der Waals surface area contributed by atoms with E-state index in [1.807, 2.05) is 54.3 Å². The second kappa shape index (κ2) is 12.0. The minimum absolute atomic E-state index is 0.0922. The van der Waals surface area contributed by atoms with E-state index in [2.05, 4.69) is 27.7 Å². The average Bonchev–Trinajstić information content (AvgIpc) is 2.84. The number of unbranched alkanes of at least 4 members (excludes halogenated alkanes) is 4. The van der Waals surface area contributed by atoms with Crippen LogP contribution in [0.1, 0.15) is 88.7 Å². The molecule has 34 heavy (non-hydrogen) atoms. The Morgan fingerprint density at radius 1 is 0.971 bits per heavy atom. The third-order valence-corrected chi connectivity index (χ3v) is 6.77. The van der Waals surface area contributed by atoms with E-state index in [0.717, 1.165) is 24.1 Å². The van der Waals surface area contributed by atoms with Gasteiger partial charge in [-0.15, -0.1) is 0 Å². The highest BCUT2D eigenvalue weighted by molar-refractivity contribution is 5.79. The molecule has 2 aromatic carbocycles. The second-order valence-electron chi connectivity index (χ2n) is 9.16. The summed E-state index contributed by atoms with van der Waals surface area (Å²) in [5.74, 6) is 0.774. The molecule has 0 aliphatic carbocycles. The largest absolute Gasteiger partial charge is 0.333 e. The van der Waals surface area contributed by atoms with Gasteiger partial charge in [-0.2, -0.15) is 0 Å². The van der Waals surface area contributed by atoms with Gasteiger partial charge in [0.15, 0.2) is 0 Å². The van der Waals surface area contributed by atoms with Gasteiger partial charge in [0, 0.05) is 13.0 Å². The maximum absolute atomic E-state index is 13.7. The van der Waals surface area contributed by atoms with E-state index >= 15 is 0 Å². The van der Waals surface area contributed by atoms with Crippen molar-refractivity contribution in [1.29, 1.82) is 0 Å². The predicted octanol–water partition coefficient (Wildman–Crippen LogP) is 6.66. The highest BCUT2D eigenvalue weighted by Gasteiger charge is 2.27. The molecule has 0 aliphatic rings. The van der Waals surface area contributed by atoms with Gasteiger partial charge in [-0.3, -0.25) is 14.2 Å². The first-order valence-electron chi connectivity index (χ1n) is 12.8. The van der Waals surface area contributed by atoms with Crippen molar-refractivity contribution in [2.75, 3.05) is 6.54 Å². The molecule has 182 valence electrons. The molecule has 1 unspecified atom stereocenters. The lowest BCUT2D eigenvalue weighted by Crippen LogP contribution is -2.38. The minimum Gasteiger partial charge on any atom is -0.333 e. The van der Waals surface area contributed by atoms with E-state index in [-0.39, 0.29) is 17.5 Å². The van der Waals surface area contributed by atoms with E-state index in [9.17, 15) is 9.59 Å². The van der Waals surface area contributed by atoms with E-state index in [0.29, 0.717) is 36.1 Å². The molecule has 0 bridgehead atoms. The average molecular weight is 462 g/mol. The van der Waals surface area contributed by atoms with E-state index in [1.54, 1.807) is 4.57 Å². The first kappa shape index (κ1) is 25.7. The molecule has 0 saturated carbocycles. The standard InChI is InChI=1S/C29H39N3O2/c1-6-9-10-11-12-17-27(33)31(8-3)26(7-2)28-30-25-16-14-13-15-24(25)29(34)32(28)23-19-18-21(4)22(5)20-23/h13-16,18-20,26H,6-12,17H2,1-5H3. The molecule has 0 saturated heterocycles. The summed E-state index contributed by atoms with van der Waals surface area (Å²) in [6.45, 7) is 11.0. The highest BCUT2D eigenvalue weighted by atomic mass is 16.2. The number of rotatable bonds is 11. The second-order valence-corrected chi connectivity index (χ2v) is 9.16. The van der Waals surface area contributed by atoms with Crippen LogP contribution in [-0.2, 0) is 4.79 Å². The van der Waals surface area contributed by atoms with E-state index in [1.165, 1.54) is 24.8 Å². The van der Waals surface area contributed by atoms with Crippen LogP contribution in [0.2, 0.25) is 0 Å². The van der Waals surface area contributed by atoms with Gasteiger partial charge in [0.2, 0.25) is 5.91 Å². The number of nitrogens with zero attached hydrogens (tertiary/aromatic N) is 3. The molecule has 3 rings (SSSR count). The fraction of sp³-hybridized carbons (Fsp3) is 0.483. The molecule has 5 heteroatoms. The summed E-state index contributed by atoms with van der Waals surface area (Å²) in [6, 6.07) is 13.3. The molecule has 0 fully saturated rings. The Bertz CT molecular complexity index is 1180. The normalized spacial score (nSPS) is 12.1. The zero-order valence-electron chi connectivity index (χ0n) is 21.4. The molecule has 1 amide bonds. The number of carbonyl (C=O) groups is 1. The van der Waals surface area contributed by atoms with Crippen LogP contribution in [0.25, 0.3) is 16.6 Å². The Labute approximate surface area is 203 Å². The van der Waals surface area contributed by atoms with Crippen LogP contribution in [0.3, 0.4) is 0 Å². The lowest BCUT2D eigenvalue weighted by molar-refractivity contribution is -0.133. The maximum atomic E-state index is 13.7. The summed E-state index contributed by atoms with van der Waals surface area (Å²) in [7, 11) is 0. The van der Waals surface area contributed by atoms with E-state index in [4.69, 9.17) is 4.98 Å². The fourth-order valence-corrected chi connectivity index (χ4v) is 4.62. The fourth-order valence-electron chi connectivity index (χ4n) is 4.62. The van der Waals surface area contributed by atoms with Crippen LogP contribution in [0, 0.1) is 13.8 Å². The lowest BCUT2D eigenvalue weighted by atomic mass is 10.1. The smallest absolute Gasteiger partial charge is 0.266 e. The highest BCUT2D eigenvalue weighted by Crippen LogP contribution is 2.27. The van der Waals surface area contributed by atoms with Crippen LogP contribution in [0.4, 0.5) is 0 Å². The van der Waals surface area contributed by atoms with Crippen molar-refractivity contribution < 1.29 is 4.79 Å². The Hall–Kier alpha value is -2.95. The number of para-hydroxylation sites is 1. The van der Waals surface area contributed by atoms with Crippen molar-refractivity contribution in [3.8, 4) is 5.69 Å². The minimum atomic E-state index is -0.271. The quantitative estimate of drug-likeness (QED) is 0.300. The Morgan fingerprint density at radius 2 is 1.71 bits per heavy atom. The first-order valence-corrected chi connectivity index (χ1v) is 12.8. The Balaban J connectivity index is 2.08. The molecule has 0 N–H and O–H groups in total. The topological polar surface area (TPSA) is 55.2 Å². The summed E-state index contributed by atoms with van der Waals surface area (Å²) >= 11 is 0. The van der Waals surface area contributed by atoms with Gasteiger partial charge in [-0.25, -0.2) is 4.98 Å². The van der Waals surface area contributed by atoms with Gasteiger partial charge in [0.1, 0.15) is 5.82 Å². The summed E-state index contributed by atoms with van der Waals surface area (Å²) < 4.78 is 1.72. The van der Waals surface area contributed by atoms with Crippen molar-refractivity contribution in [2.45, 2.75) is 85.6 Å². The van der Waals surface area contributed by atoms with Crippen molar-refractivity contribution in [3.05, 3.63) is 69.8 Å². The number of aromatic nitrogens is 2. The number of hydrogen-bond donors (Lipinski definition) is 0. The summed E-state index contributed by atoms with van der Waals surface area (Å²) in [6.07, 6.45) is 6.78. The molecule has 0 spiro atoms. The SMILES string of the molecule is CCCCCCCC(=O)N(CC)C(CC)c1nc2ccccc2c(=O)n1-c1ccc(C)c(C)c1. The first-order chi connectivity index (χ1) is 16.4. The monoisotopic (exact) mass is 461 g/mol. The van der Waals surface area contributed by atoms with Gasteiger partial charge in [0.25, 0.3) is 5.56 Å². The van der Waals surface area contributed by atoms with E-state index < -0.39 is 0 Å². The van der Waals surface area contributed by atoms with Gasteiger partial charge in [0.05, 0.1) is 22.6 Å². The number of benzene rings is 2. The van der Waals surface area contributed by atoms with Gasteiger partial charge in [-0.1, -0.05) is 57.7 Å². The van der Waals surface area contributed by atoms with Crippen molar-refractivity contribution >= 4 is 16.8 Å². The molecule has 1 heterocycles. The van der Waals surface area contributed by atoms with Gasteiger partial charge in [-0.05, 0) is 69.0 Å². The number of fused-ring (bicyclic) bond motifs is 1. The summed E-state index contributed by atoms with van der Waals surface area (Å²) in [4.78, 5) is 33.9. The molecule has 5 nitrogen and oxygen atoms in total. The maximum Gasteiger partial charge on any atom is 0.266 e. The molecular weight excluding hydrogens is 422 g/mol. The van der Waals surface area contributed by atoms with Crippen LogP contribution >= 0.6 is 0 Å². The third-order valence-electron chi connectivity index (χ3n) is 6.77. The van der Waals surface area contributed by atoms with Crippen LogP contribution in [0.15, 0.2) is 47.3 Å². The molecule has 0 aliphatic heterocycles. The molecule has 0 radical (unpaired) electrons. The van der Waals surface area contributed by atoms with Crippen molar-refractivity contribution in [2.24, 2.45) is 0 Å². The molecule has 1 aromatic heterocycles. The van der Waals surface area contributed by atoms with Gasteiger partial charge < -0.3 is 4.90 Å². The summed E-state index contributed by atoms with van der Waals surface area (Å²) in [5, 5.41) is 0.588. The number of amides is 1. The number of hydrogen-bond acceptors (Lipinski definition) is 3.